The van der Waals surface area contributed by atoms with E-state index in [9.17, 15) is 4.79 Å². The summed E-state index contributed by atoms with van der Waals surface area (Å²) in [6.45, 7) is 16.0. The fraction of sp³-hybridized carbons (Fsp3) is 0.621. The number of dihydropyridines is 1. The molecule has 0 radical (unpaired) electrons. The van der Waals surface area contributed by atoms with Gasteiger partial charge < -0.3 is 10.1 Å². The molecule has 0 saturated carbocycles. The zero-order valence-electron chi connectivity index (χ0n) is 22.2. The number of fused-ring (bicyclic) bond motifs is 2. The molecule has 2 aliphatic rings. The van der Waals surface area contributed by atoms with E-state index in [-0.39, 0.29) is 5.78 Å². The molecule has 3 rings (SSSR count). The zero-order valence-corrected chi connectivity index (χ0v) is 23.7. The molecule has 188 valence electrons. The summed E-state index contributed by atoms with van der Waals surface area (Å²) in [4.78, 5) is 9.81. The summed E-state index contributed by atoms with van der Waals surface area (Å²) in [5.74, 6) is 1.32. The number of aryl methyl sites for hydroxylation is 1. The van der Waals surface area contributed by atoms with Crippen LogP contribution >= 0.6 is 23.2 Å². The molecule has 0 aromatic heterocycles. The number of Topliss-reactive ketones (excluding diaryl/α,β-unsaturated/α-hetero) is 1. The molecule has 33 heavy (non-hydrogen) atoms. The molecule has 1 aliphatic heterocycles. The van der Waals surface area contributed by atoms with Gasteiger partial charge >= 0.3 is 0 Å². The van der Waals surface area contributed by atoms with Gasteiger partial charge in [-0.05, 0) is 66.8 Å². The van der Waals surface area contributed by atoms with Crippen molar-refractivity contribution in [3.63, 3.8) is 0 Å². The summed E-state index contributed by atoms with van der Waals surface area (Å²) < 4.78 is 0. The minimum absolute atomic E-state index is 0.255. The second kappa shape index (κ2) is 18.1. The maximum Gasteiger partial charge on any atom is 0.129 e. The summed E-state index contributed by atoms with van der Waals surface area (Å²) >= 11 is 13.1. The SMILES string of the molecule is CC.CC.CCC(C)=O.CCCC(CCC)C1c2c(Cl)cc(Cl)cc2CCC2=CC=CNC21. The Hall–Kier alpha value is -1.25. The lowest BCUT2D eigenvalue weighted by molar-refractivity contribution is -0.116. The van der Waals surface area contributed by atoms with Gasteiger partial charge in [-0.25, -0.2) is 0 Å². The van der Waals surface area contributed by atoms with E-state index in [0.717, 1.165) is 22.9 Å². The van der Waals surface area contributed by atoms with Gasteiger partial charge in [0.15, 0.2) is 0 Å². The molecular formula is C29H47Cl2NO. The minimum atomic E-state index is 0.255. The first kappa shape index (κ1) is 31.8. The number of carbonyl (C=O) groups excluding carboxylic acids is 1. The standard InChI is InChI=1S/C21H27Cl2N.C4H8O.2C2H6/c1-3-6-14(7-4-2)20-19-16(12-17(22)13-18(19)23)10-9-15-8-5-11-24-21(15)20;1-3-4(2)5;2*1-2/h5,8,11-14,20-21,24H,3-4,6-7,9-10H2,1-2H3;3H2,1-2H3;2*1-2H3. The lowest BCUT2D eigenvalue weighted by Crippen LogP contribution is -2.38. The van der Waals surface area contributed by atoms with E-state index in [0.29, 0.717) is 24.3 Å². The largest absolute Gasteiger partial charge is 0.384 e. The molecule has 0 saturated heterocycles. The van der Waals surface area contributed by atoms with Crippen molar-refractivity contribution in [1.82, 2.24) is 5.32 Å². The van der Waals surface area contributed by atoms with Crippen molar-refractivity contribution in [2.24, 2.45) is 5.92 Å². The number of ketones is 1. The van der Waals surface area contributed by atoms with Crippen molar-refractivity contribution in [1.29, 1.82) is 0 Å². The molecule has 0 fully saturated rings. The van der Waals surface area contributed by atoms with Crippen molar-refractivity contribution in [2.75, 3.05) is 0 Å². The average Bonchev–Trinajstić information content (AvgIpc) is 2.99. The molecule has 1 N–H and O–H groups in total. The topological polar surface area (TPSA) is 29.1 Å². The monoisotopic (exact) mass is 495 g/mol. The van der Waals surface area contributed by atoms with E-state index in [1.807, 2.05) is 40.7 Å². The van der Waals surface area contributed by atoms with Crippen LogP contribution in [0.25, 0.3) is 0 Å². The van der Waals surface area contributed by atoms with Crippen molar-refractivity contribution in [3.05, 3.63) is 57.2 Å². The normalized spacial score (nSPS) is 17.8. The van der Waals surface area contributed by atoms with E-state index in [2.05, 4.69) is 43.6 Å². The van der Waals surface area contributed by atoms with Crippen molar-refractivity contribution < 1.29 is 4.79 Å². The number of hydrogen-bond acceptors (Lipinski definition) is 2. The van der Waals surface area contributed by atoms with Crippen LogP contribution in [0.15, 0.2) is 36.1 Å². The molecule has 1 aromatic rings. The van der Waals surface area contributed by atoms with Crippen LogP contribution < -0.4 is 5.32 Å². The minimum Gasteiger partial charge on any atom is -0.384 e. The molecule has 1 heterocycles. The highest BCUT2D eigenvalue weighted by atomic mass is 35.5. The molecule has 2 nitrogen and oxygen atoms in total. The van der Waals surface area contributed by atoms with Gasteiger partial charge in [-0.3, -0.25) is 0 Å². The predicted molar refractivity (Wildman–Crippen MR) is 149 cm³/mol. The maximum absolute atomic E-state index is 9.81. The Balaban J connectivity index is 0.000000991. The molecule has 2 atom stereocenters. The van der Waals surface area contributed by atoms with Gasteiger partial charge in [-0.1, -0.05) is 103 Å². The number of nitrogens with one attached hydrogen (secondary N) is 1. The van der Waals surface area contributed by atoms with Crippen LogP contribution in [0.5, 0.6) is 0 Å². The first-order chi connectivity index (χ1) is 15.9. The van der Waals surface area contributed by atoms with Gasteiger partial charge in [0.1, 0.15) is 5.78 Å². The number of benzene rings is 1. The van der Waals surface area contributed by atoms with Crippen LogP contribution in [-0.2, 0) is 11.2 Å². The van der Waals surface area contributed by atoms with Gasteiger partial charge in [0.05, 0.1) is 6.04 Å². The van der Waals surface area contributed by atoms with Gasteiger partial charge in [0, 0.05) is 22.4 Å². The number of carbonyl (C=O) groups is 1. The Morgan fingerprint density at radius 1 is 1.03 bits per heavy atom. The van der Waals surface area contributed by atoms with Crippen LogP contribution in [0.3, 0.4) is 0 Å². The first-order valence-corrected chi connectivity index (χ1v) is 13.8. The number of halogens is 2. The highest BCUT2D eigenvalue weighted by Gasteiger charge is 2.37. The van der Waals surface area contributed by atoms with Crippen LogP contribution in [0.4, 0.5) is 0 Å². The Labute approximate surface area is 214 Å². The molecule has 4 heteroatoms. The highest BCUT2D eigenvalue weighted by Crippen LogP contribution is 2.46. The number of hydrogen-bond donors (Lipinski definition) is 1. The number of rotatable bonds is 6. The van der Waals surface area contributed by atoms with Crippen molar-refractivity contribution in [2.45, 2.75) is 112 Å². The second-order valence-corrected chi connectivity index (χ2v) is 8.97. The Morgan fingerprint density at radius 2 is 1.61 bits per heavy atom. The highest BCUT2D eigenvalue weighted by molar-refractivity contribution is 6.35. The molecule has 1 aromatic carbocycles. The van der Waals surface area contributed by atoms with E-state index in [1.165, 1.54) is 42.4 Å². The summed E-state index contributed by atoms with van der Waals surface area (Å²) in [6.07, 6.45) is 14.2. The van der Waals surface area contributed by atoms with E-state index >= 15 is 0 Å². The molecule has 0 spiro atoms. The maximum atomic E-state index is 9.81. The smallest absolute Gasteiger partial charge is 0.129 e. The molecule has 0 bridgehead atoms. The summed E-state index contributed by atoms with van der Waals surface area (Å²) in [7, 11) is 0. The molecule has 1 aliphatic carbocycles. The third-order valence-corrected chi connectivity index (χ3v) is 6.49. The first-order valence-electron chi connectivity index (χ1n) is 13.0. The van der Waals surface area contributed by atoms with Crippen LogP contribution in [0.1, 0.15) is 111 Å². The van der Waals surface area contributed by atoms with Gasteiger partial charge in [-0.2, -0.15) is 0 Å². The third kappa shape index (κ3) is 9.87. The summed E-state index contributed by atoms with van der Waals surface area (Å²) in [6, 6.07) is 4.42. The zero-order chi connectivity index (χ0) is 25.4. The fourth-order valence-electron chi connectivity index (χ4n) is 4.53. The van der Waals surface area contributed by atoms with Gasteiger partial charge in [-0.15, -0.1) is 0 Å². The van der Waals surface area contributed by atoms with Crippen molar-refractivity contribution in [3.8, 4) is 0 Å². The Morgan fingerprint density at radius 3 is 2.12 bits per heavy atom. The summed E-state index contributed by atoms with van der Waals surface area (Å²) in [5.41, 5.74) is 4.18. The average molecular weight is 497 g/mol. The predicted octanol–water partition coefficient (Wildman–Crippen LogP) is 9.69. The van der Waals surface area contributed by atoms with Crippen LogP contribution in [0.2, 0.25) is 10.0 Å². The Bertz CT molecular complexity index is 748. The van der Waals surface area contributed by atoms with Crippen LogP contribution in [-0.4, -0.2) is 11.8 Å². The van der Waals surface area contributed by atoms with E-state index < -0.39 is 0 Å². The second-order valence-electron chi connectivity index (χ2n) is 8.12. The van der Waals surface area contributed by atoms with Crippen LogP contribution in [0, 0.1) is 5.92 Å². The fourth-order valence-corrected chi connectivity index (χ4v) is 5.19. The number of allylic oxidation sites excluding steroid dienone is 2. The molecule has 0 amide bonds. The van der Waals surface area contributed by atoms with Gasteiger partial charge in [0.25, 0.3) is 0 Å². The Kier molecular flexibility index (Phi) is 17.4. The molecule has 2 unspecified atom stereocenters. The lowest BCUT2D eigenvalue weighted by atomic mass is 9.74. The summed E-state index contributed by atoms with van der Waals surface area (Å²) in [5, 5.41) is 5.25. The lowest BCUT2D eigenvalue weighted by Gasteiger charge is -2.36. The quantitative estimate of drug-likeness (QED) is 0.425. The van der Waals surface area contributed by atoms with E-state index in [4.69, 9.17) is 23.2 Å². The van der Waals surface area contributed by atoms with Crippen molar-refractivity contribution >= 4 is 29.0 Å². The molecular weight excluding hydrogens is 449 g/mol. The third-order valence-electron chi connectivity index (χ3n) is 5.96. The van der Waals surface area contributed by atoms with Gasteiger partial charge in [0.2, 0.25) is 0 Å². The van der Waals surface area contributed by atoms with E-state index in [1.54, 1.807) is 6.92 Å².